The van der Waals surface area contributed by atoms with Crippen molar-refractivity contribution in [3.05, 3.63) is 42.1 Å². The molecule has 1 aliphatic carbocycles. The molecule has 1 saturated carbocycles. The van der Waals surface area contributed by atoms with Crippen LogP contribution in [0.15, 0.2) is 35.7 Å². The fraction of sp³-hybridized carbons (Fsp3) is 0.455. The quantitative estimate of drug-likeness (QED) is 0.393. The molecule has 0 unspecified atom stereocenters. The number of aliphatic hydroxyl groups is 1. The highest BCUT2D eigenvalue weighted by atomic mass is 32.2. The van der Waals surface area contributed by atoms with E-state index in [1.807, 2.05) is 45.0 Å². The zero-order valence-electron chi connectivity index (χ0n) is 18.0. The van der Waals surface area contributed by atoms with Gasteiger partial charge in [0, 0.05) is 28.0 Å². The summed E-state index contributed by atoms with van der Waals surface area (Å²) >= 11 is 1.46. The number of hydrogen-bond donors (Lipinski definition) is 4. The van der Waals surface area contributed by atoms with Crippen LogP contribution in [0.1, 0.15) is 31.5 Å². The number of ether oxygens (including phenoxy) is 2. The van der Waals surface area contributed by atoms with Crippen LogP contribution in [0.3, 0.4) is 0 Å². The van der Waals surface area contributed by atoms with Gasteiger partial charge in [0.25, 0.3) is 0 Å². The van der Waals surface area contributed by atoms with E-state index in [0.29, 0.717) is 17.9 Å². The SMILES string of the molecule is C=C(Sc1ccccc1N)c1c(C)nc(N)nc1N[C@@H]1C[C@H](CO)[C@H]2OC(C)(C)O[C@H]21. The summed E-state index contributed by atoms with van der Waals surface area (Å²) in [6.07, 6.45) is 0.306. The van der Waals surface area contributed by atoms with Crippen molar-refractivity contribution >= 4 is 34.1 Å². The molecule has 8 nitrogen and oxygen atoms in total. The van der Waals surface area contributed by atoms with Crippen molar-refractivity contribution in [2.75, 3.05) is 23.4 Å². The molecule has 1 saturated heterocycles. The number of fused-ring (bicyclic) bond motifs is 1. The second-order valence-electron chi connectivity index (χ2n) is 8.45. The van der Waals surface area contributed by atoms with Crippen LogP contribution in [0.5, 0.6) is 0 Å². The Hall–Kier alpha value is -2.33. The van der Waals surface area contributed by atoms with Gasteiger partial charge < -0.3 is 31.4 Å². The van der Waals surface area contributed by atoms with E-state index in [1.165, 1.54) is 11.8 Å². The number of nitrogens with one attached hydrogen (secondary N) is 1. The van der Waals surface area contributed by atoms with Gasteiger partial charge in [0.2, 0.25) is 5.95 Å². The van der Waals surface area contributed by atoms with Crippen LogP contribution in [0.25, 0.3) is 4.91 Å². The summed E-state index contributed by atoms with van der Waals surface area (Å²) in [5, 5.41) is 13.3. The number of anilines is 3. The maximum Gasteiger partial charge on any atom is 0.222 e. The second kappa shape index (κ2) is 8.31. The highest BCUT2D eigenvalue weighted by molar-refractivity contribution is 8.08. The molecule has 2 heterocycles. The molecular weight excluding hydrogens is 414 g/mol. The maximum atomic E-state index is 9.85. The molecule has 2 aromatic rings. The molecule has 1 aliphatic heterocycles. The minimum atomic E-state index is -0.698. The molecule has 2 fully saturated rings. The van der Waals surface area contributed by atoms with Crippen LogP contribution in [0.4, 0.5) is 17.5 Å². The smallest absolute Gasteiger partial charge is 0.222 e. The van der Waals surface area contributed by atoms with Gasteiger partial charge >= 0.3 is 0 Å². The number of thioether (sulfide) groups is 1. The van der Waals surface area contributed by atoms with Gasteiger partial charge in [-0.3, -0.25) is 0 Å². The summed E-state index contributed by atoms with van der Waals surface area (Å²) in [6.45, 7) is 9.95. The summed E-state index contributed by atoms with van der Waals surface area (Å²) in [7, 11) is 0. The van der Waals surface area contributed by atoms with Crippen LogP contribution < -0.4 is 16.8 Å². The number of nitrogens with two attached hydrogens (primary N) is 2. The molecule has 4 atom stereocenters. The van der Waals surface area contributed by atoms with Gasteiger partial charge in [0.05, 0.1) is 23.4 Å². The lowest BCUT2D eigenvalue weighted by molar-refractivity contribution is -0.158. The molecular formula is C22H29N5O3S. The van der Waals surface area contributed by atoms with E-state index in [4.69, 9.17) is 20.9 Å². The number of benzene rings is 1. The second-order valence-corrected chi connectivity index (χ2v) is 9.58. The summed E-state index contributed by atoms with van der Waals surface area (Å²) in [5.74, 6) is 0.0527. The van der Waals surface area contributed by atoms with Gasteiger partial charge in [0.15, 0.2) is 5.79 Å². The summed E-state index contributed by atoms with van der Waals surface area (Å²) in [5.41, 5.74) is 14.3. The molecule has 0 spiro atoms. The van der Waals surface area contributed by atoms with Gasteiger partial charge in [-0.25, -0.2) is 4.98 Å². The van der Waals surface area contributed by atoms with E-state index in [-0.39, 0.29) is 36.7 Å². The molecule has 9 heteroatoms. The largest absolute Gasteiger partial charge is 0.398 e. The van der Waals surface area contributed by atoms with E-state index in [1.54, 1.807) is 0 Å². The predicted octanol–water partition coefficient (Wildman–Crippen LogP) is 3.03. The Bertz CT molecular complexity index is 999. The van der Waals surface area contributed by atoms with Crippen molar-refractivity contribution in [1.29, 1.82) is 0 Å². The molecule has 1 aromatic heterocycles. The Balaban J connectivity index is 1.63. The zero-order valence-corrected chi connectivity index (χ0v) is 18.8. The number of aromatic nitrogens is 2. The van der Waals surface area contributed by atoms with Crippen LogP contribution in [0.2, 0.25) is 0 Å². The van der Waals surface area contributed by atoms with Crippen molar-refractivity contribution in [2.45, 2.75) is 56.1 Å². The monoisotopic (exact) mass is 443 g/mol. The van der Waals surface area contributed by atoms with Crippen molar-refractivity contribution in [1.82, 2.24) is 9.97 Å². The lowest BCUT2D eigenvalue weighted by Crippen LogP contribution is -2.35. The molecule has 31 heavy (non-hydrogen) atoms. The standard InChI is InChI=1S/C22H29N5O3S/c1-11-17(12(2)31-16-8-6-5-7-14(16)23)20(27-21(24)25-11)26-15-9-13(10-28)18-19(15)30-22(3,4)29-18/h5-8,13,15,18-19,28H,2,9-10,23H2,1,3-4H3,(H3,24,25,26,27)/t13-,15-,18-,19+/m1/s1. The normalized spacial score (nSPS) is 26.6. The molecule has 4 rings (SSSR count). The number of nitrogen functional groups attached to an aromatic ring is 2. The lowest BCUT2D eigenvalue weighted by Gasteiger charge is -2.25. The van der Waals surface area contributed by atoms with Crippen LogP contribution >= 0.6 is 11.8 Å². The van der Waals surface area contributed by atoms with E-state index in [2.05, 4.69) is 21.9 Å². The topological polar surface area (TPSA) is 129 Å². The van der Waals surface area contributed by atoms with Crippen molar-refractivity contribution < 1.29 is 14.6 Å². The lowest BCUT2D eigenvalue weighted by atomic mass is 10.1. The Labute approximate surface area is 186 Å². The van der Waals surface area contributed by atoms with E-state index in [0.717, 1.165) is 21.1 Å². The van der Waals surface area contributed by atoms with Gasteiger partial charge in [-0.05, 0) is 39.3 Å². The number of nitrogens with zero attached hydrogens (tertiary/aromatic N) is 2. The first kappa shape index (κ1) is 21.9. The number of para-hydroxylation sites is 1. The molecule has 6 N–H and O–H groups in total. The van der Waals surface area contributed by atoms with Crippen molar-refractivity contribution in [2.24, 2.45) is 5.92 Å². The third-order valence-corrected chi connectivity index (χ3v) is 6.72. The average Bonchev–Trinajstić information content (AvgIpc) is 3.16. The first-order valence-corrected chi connectivity index (χ1v) is 11.1. The molecule has 0 radical (unpaired) electrons. The minimum absolute atomic E-state index is 0.0188. The summed E-state index contributed by atoms with van der Waals surface area (Å²) < 4.78 is 12.2. The number of aryl methyl sites for hydroxylation is 1. The van der Waals surface area contributed by atoms with Crippen molar-refractivity contribution in [3.63, 3.8) is 0 Å². The van der Waals surface area contributed by atoms with Gasteiger partial charge in [-0.15, -0.1) is 0 Å². The summed E-state index contributed by atoms with van der Waals surface area (Å²) in [6, 6.07) is 7.53. The summed E-state index contributed by atoms with van der Waals surface area (Å²) in [4.78, 5) is 10.5. The predicted molar refractivity (Wildman–Crippen MR) is 123 cm³/mol. The molecule has 0 bridgehead atoms. The first-order valence-electron chi connectivity index (χ1n) is 10.3. The maximum absolute atomic E-state index is 9.85. The third-order valence-electron chi connectivity index (χ3n) is 5.68. The first-order chi connectivity index (χ1) is 14.7. The molecule has 166 valence electrons. The number of hydrogen-bond acceptors (Lipinski definition) is 9. The minimum Gasteiger partial charge on any atom is -0.398 e. The van der Waals surface area contributed by atoms with Gasteiger partial charge in [-0.1, -0.05) is 30.5 Å². The number of rotatable bonds is 6. The van der Waals surface area contributed by atoms with Crippen LogP contribution in [-0.4, -0.2) is 45.7 Å². The van der Waals surface area contributed by atoms with E-state index < -0.39 is 5.79 Å². The fourth-order valence-electron chi connectivity index (χ4n) is 4.37. The Morgan fingerprint density at radius 1 is 1.26 bits per heavy atom. The highest BCUT2D eigenvalue weighted by Gasteiger charge is 2.54. The Morgan fingerprint density at radius 3 is 2.68 bits per heavy atom. The molecule has 2 aliphatic rings. The Kier molecular flexibility index (Phi) is 5.87. The van der Waals surface area contributed by atoms with Crippen molar-refractivity contribution in [3.8, 4) is 0 Å². The fourth-order valence-corrected chi connectivity index (χ4v) is 5.32. The van der Waals surface area contributed by atoms with Gasteiger partial charge in [-0.2, -0.15) is 4.98 Å². The Morgan fingerprint density at radius 2 is 1.97 bits per heavy atom. The molecule has 1 aromatic carbocycles. The zero-order chi connectivity index (χ0) is 22.3. The van der Waals surface area contributed by atoms with E-state index in [9.17, 15) is 5.11 Å². The van der Waals surface area contributed by atoms with Crippen LogP contribution in [-0.2, 0) is 9.47 Å². The molecule has 0 amide bonds. The average molecular weight is 444 g/mol. The van der Waals surface area contributed by atoms with E-state index >= 15 is 0 Å². The van der Waals surface area contributed by atoms with Crippen LogP contribution in [0, 0.1) is 12.8 Å². The number of aliphatic hydroxyl groups excluding tert-OH is 1. The van der Waals surface area contributed by atoms with Gasteiger partial charge in [0.1, 0.15) is 11.9 Å². The third kappa shape index (κ3) is 4.36. The highest BCUT2D eigenvalue weighted by Crippen LogP contribution is 2.44.